The minimum atomic E-state index is -3.13. The van der Waals surface area contributed by atoms with Crippen LogP contribution < -0.4 is 5.73 Å². The third kappa shape index (κ3) is 2.65. The molecule has 1 heterocycles. The number of aromatic nitrogens is 2. The zero-order valence-corrected chi connectivity index (χ0v) is 10.2. The summed E-state index contributed by atoms with van der Waals surface area (Å²) in [6.07, 6.45) is 4.59. The standard InChI is InChI=1S/C11H13N3O2S/c1-17(15,16)10-4-2-9(3-5-10)8-14-7-6-13-11(14)12/h2-7H,8H2,1H3,(H2,12,13). The Balaban J connectivity index is 2.23. The average molecular weight is 251 g/mol. The molecule has 0 saturated carbocycles. The number of rotatable bonds is 3. The highest BCUT2D eigenvalue weighted by atomic mass is 32.2. The maximum absolute atomic E-state index is 11.3. The van der Waals surface area contributed by atoms with Gasteiger partial charge in [-0.25, -0.2) is 13.4 Å². The molecule has 2 rings (SSSR count). The molecular weight excluding hydrogens is 238 g/mol. The lowest BCUT2D eigenvalue weighted by molar-refractivity contribution is 0.602. The van der Waals surface area contributed by atoms with Crippen molar-refractivity contribution in [1.29, 1.82) is 0 Å². The largest absolute Gasteiger partial charge is 0.369 e. The summed E-state index contributed by atoms with van der Waals surface area (Å²) < 4.78 is 24.3. The van der Waals surface area contributed by atoms with Crippen molar-refractivity contribution < 1.29 is 8.42 Å². The number of benzene rings is 1. The first-order chi connectivity index (χ1) is 7.97. The van der Waals surface area contributed by atoms with Gasteiger partial charge < -0.3 is 10.3 Å². The van der Waals surface area contributed by atoms with Crippen LogP contribution >= 0.6 is 0 Å². The van der Waals surface area contributed by atoms with E-state index in [1.165, 1.54) is 6.26 Å². The Kier molecular flexibility index (Phi) is 2.89. The molecule has 0 aliphatic rings. The molecule has 0 aliphatic heterocycles. The first-order valence-electron chi connectivity index (χ1n) is 5.02. The molecule has 17 heavy (non-hydrogen) atoms. The summed E-state index contributed by atoms with van der Waals surface area (Å²) in [5.41, 5.74) is 6.62. The van der Waals surface area contributed by atoms with Crippen molar-refractivity contribution in [2.45, 2.75) is 11.4 Å². The van der Waals surface area contributed by atoms with Gasteiger partial charge in [0.15, 0.2) is 15.8 Å². The number of nitrogens with zero attached hydrogens (tertiary/aromatic N) is 2. The van der Waals surface area contributed by atoms with Crippen molar-refractivity contribution >= 4 is 15.8 Å². The van der Waals surface area contributed by atoms with Gasteiger partial charge in [-0.2, -0.15) is 0 Å². The number of nitrogens with two attached hydrogens (primary N) is 1. The molecule has 2 N–H and O–H groups in total. The van der Waals surface area contributed by atoms with Crippen LogP contribution in [-0.4, -0.2) is 24.2 Å². The number of hydrogen-bond donors (Lipinski definition) is 1. The Labute approximate surface area is 99.8 Å². The van der Waals surface area contributed by atoms with Crippen LogP contribution in [0.2, 0.25) is 0 Å². The van der Waals surface area contributed by atoms with Crippen LogP contribution in [-0.2, 0) is 16.4 Å². The molecule has 0 amide bonds. The van der Waals surface area contributed by atoms with Crippen molar-refractivity contribution in [2.75, 3.05) is 12.0 Å². The fourth-order valence-electron chi connectivity index (χ4n) is 1.51. The Morgan fingerprint density at radius 1 is 1.29 bits per heavy atom. The molecule has 0 fully saturated rings. The molecule has 5 nitrogen and oxygen atoms in total. The highest BCUT2D eigenvalue weighted by molar-refractivity contribution is 7.90. The Hall–Kier alpha value is -1.82. The smallest absolute Gasteiger partial charge is 0.200 e. The highest BCUT2D eigenvalue weighted by Gasteiger charge is 2.06. The average Bonchev–Trinajstić information content (AvgIpc) is 2.64. The summed E-state index contributed by atoms with van der Waals surface area (Å²) in [7, 11) is -3.13. The number of anilines is 1. The van der Waals surface area contributed by atoms with Crippen LogP contribution in [0.25, 0.3) is 0 Å². The van der Waals surface area contributed by atoms with Crippen LogP contribution in [0.15, 0.2) is 41.6 Å². The normalized spacial score (nSPS) is 11.6. The summed E-state index contributed by atoms with van der Waals surface area (Å²) in [5.74, 6) is 0.442. The minimum absolute atomic E-state index is 0.319. The van der Waals surface area contributed by atoms with E-state index < -0.39 is 9.84 Å². The number of sulfone groups is 1. The highest BCUT2D eigenvalue weighted by Crippen LogP contribution is 2.12. The molecular formula is C11H13N3O2S. The second kappa shape index (κ2) is 4.21. The van der Waals surface area contributed by atoms with Crippen molar-refractivity contribution in [1.82, 2.24) is 9.55 Å². The minimum Gasteiger partial charge on any atom is -0.369 e. The van der Waals surface area contributed by atoms with Crippen molar-refractivity contribution in [3.05, 3.63) is 42.2 Å². The first kappa shape index (κ1) is 11.7. The number of hydrogen-bond acceptors (Lipinski definition) is 4. The van der Waals surface area contributed by atoms with Gasteiger partial charge in [-0.1, -0.05) is 12.1 Å². The van der Waals surface area contributed by atoms with Gasteiger partial charge in [0.2, 0.25) is 0 Å². The van der Waals surface area contributed by atoms with Gasteiger partial charge in [0, 0.05) is 18.6 Å². The lowest BCUT2D eigenvalue weighted by Gasteiger charge is -2.05. The van der Waals surface area contributed by atoms with Crippen LogP contribution in [0.5, 0.6) is 0 Å². The van der Waals surface area contributed by atoms with E-state index in [2.05, 4.69) is 4.98 Å². The van der Waals surface area contributed by atoms with E-state index >= 15 is 0 Å². The molecule has 0 aliphatic carbocycles. The van der Waals surface area contributed by atoms with Crippen molar-refractivity contribution in [3.8, 4) is 0 Å². The molecule has 0 saturated heterocycles. The molecule has 1 aromatic heterocycles. The molecule has 1 aromatic carbocycles. The monoisotopic (exact) mass is 251 g/mol. The second-order valence-corrected chi connectivity index (χ2v) is 5.85. The Morgan fingerprint density at radius 3 is 2.41 bits per heavy atom. The maximum atomic E-state index is 11.3. The third-order valence-electron chi connectivity index (χ3n) is 2.45. The first-order valence-corrected chi connectivity index (χ1v) is 6.91. The Bertz CT molecular complexity index is 614. The molecule has 90 valence electrons. The zero-order chi connectivity index (χ0) is 12.5. The van der Waals surface area contributed by atoms with E-state index in [1.54, 1.807) is 41.2 Å². The predicted octanol–water partition coefficient (Wildman–Crippen LogP) is 0.917. The van der Waals surface area contributed by atoms with Crippen molar-refractivity contribution in [3.63, 3.8) is 0 Å². The van der Waals surface area contributed by atoms with E-state index in [0.29, 0.717) is 17.4 Å². The van der Waals surface area contributed by atoms with Crippen LogP contribution in [0.4, 0.5) is 5.95 Å². The fraction of sp³-hybridized carbons (Fsp3) is 0.182. The summed E-state index contributed by atoms with van der Waals surface area (Å²) in [4.78, 5) is 4.23. The number of nitrogen functional groups attached to an aromatic ring is 1. The molecule has 0 bridgehead atoms. The van der Waals surface area contributed by atoms with Gasteiger partial charge in [-0.3, -0.25) is 0 Å². The second-order valence-electron chi connectivity index (χ2n) is 3.83. The summed E-state index contributed by atoms with van der Waals surface area (Å²) >= 11 is 0. The van der Waals surface area contributed by atoms with Gasteiger partial charge >= 0.3 is 0 Å². The molecule has 0 radical (unpaired) electrons. The molecule has 6 heteroatoms. The van der Waals surface area contributed by atoms with Gasteiger partial charge in [-0.15, -0.1) is 0 Å². The van der Waals surface area contributed by atoms with Crippen molar-refractivity contribution in [2.24, 2.45) is 0 Å². The molecule has 0 atom stereocenters. The van der Waals surface area contributed by atoms with Crippen LogP contribution in [0.1, 0.15) is 5.56 Å². The third-order valence-corrected chi connectivity index (χ3v) is 3.58. The van der Waals surface area contributed by atoms with Gasteiger partial charge in [-0.05, 0) is 17.7 Å². The van der Waals surface area contributed by atoms with Gasteiger partial charge in [0.25, 0.3) is 0 Å². The van der Waals surface area contributed by atoms with Crippen LogP contribution in [0, 0.1) is 0 Å². The SMILES string of the molecule is CS(=O)(=O)c1ccc(Cn2ccnc2N)cc1. The van der Waals surface area contributed by atoms with E-state index in [0.717, 1.165) is 5.56 Å². The zero-order valence-electron chi connectivity index (χ0n) is 9.37. The maximum Gasteiger partial charge on any atom is 0.200 e. The lowest BCUT2D eigenvalue weighted by Crippen LogP contribution is -2.04. The van der Waals surface area contributed by atoms with E-state index in [4.69, 9.17) is 5.73 Å². The van der Waals surface area contributed by atoms with E-state index in [9.17, 15) is 8.42 Å². The molecule has 0 spiro atoms. The van der Waals surface area contributed by atoms with Gasteiger partial charge in [0.05, 0.1) is 11.4 Å². The van der Waals surface area contributed by atoms with Crippen LogP contribution in [0.3, 0.4) is 0 Å². The number of imidazole rings is 1. The predicted molar refractivity (Wildman–Crippen MR) is 65.3 cm³/mol. The summed E-state index contributed by atoms with van der Waals surface area (Å²) in [5, 5.41) is 0. The topological polar surface area (TPSA) is 78.0 Å². The summed E-state index contributed by atoms with van der Waals surface area (Å²) in [6, 6.07) is 6.74. The molecule has 2 aromatic rings. The van der Waals surface area contributed by atoms with E-state index in [1.807, 2.05) is 0 Å². The van der Waals surface area contributed by atoms with Gasteiger partial charge in [0.1, 0.15) is 0 Å². The fourth-order valence-corrected chi connectivity index (χ4v) is 2.14. The van der Waals surface area contributed by atoms with E-state index in [-0.39, 0.29) is 0 Å². The summed E-state index contributed by atoms with van der Waals surface area (Å²) in [6.45, 7) is 0.579. The Morgan fingerprint density at radius 2 is 1.94 bits per heavy atom. The molecule has 0 unspecified atom stereocenters. The quantitative estimate of drug-likeness (QED) is 0.879. The lowest BCUT2D eigenvalue weighted by atomic mass is 10.2.